The summed E-state index contributed by atoms with van der Waals surface area (Å²) < 4.78 is 5.26. The molecule has 0 unspecified atom stereocenters. The summed E-state index contributed by atoms with van der Waals surface area (Å²) in [6.45, 7) is 3.40. The van der Waals surface area contributed by atoms with E-state index in [0.717, 1.165) is 17.5 Å². The second-order valence-electron chi connectivity index (χ2n) is 7.69. The van der Waals surface area contributed by atoms with Gasteiger partial charge in [0.1, 0.15) is 11.4 Å². The Kier molecular flexibility index (Phi) is 6.78. The maximum atomic E-state index is 13.6. The van der Waals surface area contributed by atoms with E-state index >= 15 is 0 Å². The lowest BCUT2D eigenvalue weighted by molar-refractivity contribution is -0.138. The number of rotatable bonds is 9. The van der Waals surface area contributed by atoms with E-state index in [0.29, 0.717) is 35.7 Å². The molecule has 3 heterocycles. The standard InChI is InChI=1S/C26H26N4O3/c1-3-29(17-12-19-8-13-27-14-9-19)24-23(21-4-6-22(33-2)7-5-21)25(31)30(26(24)32)18-20-10-15-28-16-11-20/h4-11,13-16H,3,12,17-18H2,1-2H3. The van der Waals surface area contributed by atoms with Crippen molar-refractivity contribution in [2.45, 2.75) is 19.9 Å². The van der Waals surface area contributed by atoms with Crippen LogP contribution in [0.4, 0.5) is 0 Å². The number of hydrogen-bond donors (Lipinski definition) is 0. The van der Waals surface area contributed by atoms with Gasteiger partial charge in [-0.05, 0) is 66.4 Å². The van der Waals surface area contributed by atoms with Crippen molar-refractivity contribution in [1.82, 2.24) is 19.8 Å². The molecule has 7 nitrogen and oxygen atoms in total. The molecule has 0 radical (unpaired) electrons. The Balaban J connectivity index is 1.70. The van der Waals surface area contributed by atoms with Crippen LogP contribution in [0.1, 0.15) is 23.6 Å². The largest absolute Gasteiger partial charge is 0.497 e. The summed E-state index contributed by atoms with van der Waals surface area (Å²) >= 11 is 0. The zero-order valence-electron chi connectivity index (χ0n) is 18.8. The SMILES string of the molecule is CCN(CCc1ccncc1)C1=C(c2ccc(OC)cc2)C(=O)N(Cc2ccncc2)C1=O. The van der Waals surface area contributed by atoms with Crippen LogP contribution >= 0.6 is 0 Å². The molecule has 33 heavy (non-hydrogen) atoms. The average molecular weight is 443 g/mol. The van der Waals surface area contributed by atoms with Crippen LogP contribution in [0.15, 0.2) is 79.0 Å². The summed E-state index contributed by atoms with van der Waals surface area (Å²) in [4.78, 5) is 38.5. The number of hydrogen-bond acceptors (Lipinski definition) is 6. The Hall–Kier alpha value is -4.00. The molecule has 168 valence electrons. The third-order valence-electron chi connectivity index (χ3n) is 5.73. The molecule has 0 spiro atoms. The van der Waals surface area contributed by atoms with E-state index in [1.165, 1.54) is 4.90 Å². The van der Waals surface area contributed by atoms with E-state index in [-0.39, 0.29) is 18.4 Å². The number of aromatic nitrogens is 2. The zero-order chi connectivity index (χ0) is 23.2. The number of amides is 2. The highest BCUT2D eigenvalue weighted by Gasteiger charge is 2.41. The Morgan fingerprint density at radius 3 is 2.03 bits per heavy atom. The minimum absolute atomic E-state index is 0.200. The van der Waals surface area contributed by atoms with Crippen molar-refractivity contribution in [1.29, 1.82) is 0 Å². The fourth-order valence-electron chi connectivity index (χ4n) is 3.93. The average Bonchev–Trinajstić information content (AvgIpc) is 3.11. The third kappa shape index (κ3) is 4.77. The molecule has 2 amide bonds. The third-order valence-corrected chi connectivity index (χ3v) is 5.73. The summed E-state index contributed by atoms with van der Waals surface area (Å²) in [5, 5.41) is 0. The van der Waals surface area contributed by atoms with Crippen LogP contribution < -0.4 is 4.74 Å². The molecule has 3 aromatic rings. The van der Waals surface area contributed by atoms with Crippen molar-refractivity contribution in [2.24, 2.45) is 0 Å². The van der Waals surface area contributed by atoms with Gasteiger partial charge in [-0.25, -0.2) is 0 Å². The highest BCUT2D eigenvalue weighted by molar-refractivity contribution is 6.35. The summed E-state index contributed by atoms with van der Waals surface area (Å²) in [6.07, 6.45) is 7.57. The summed E-state index contributed by atoms with van der Waals surface area (Å²) in [5.41, 5.74) is 3.54. The predicted octanol–water partition coefficient (Wildman–Crippen LogP) is 3.33. The fraction of sp³-hybridized carbons (Fsp3) is 0.231. The Labute approximate surface area is 193 Å². The molecular formula is C26H26N4O3. The fourth-order valence-corrected chi connectivity index (χ4v) is 3.93. The molecule has 0 saturated carbocycles. The highest BCUT2D eigenvalue weighted by atomic mass is 16.5. The van der Waals surface area contributed by atoms with E-state index in [4.69, 9.17) is 4.74 Å². The number of ether oxygens (including phenoxy) is 1. The number of carbonyl (C=O) groups is 2. The zero-order valence-corrected chi connectivity index (χ0v) is 18.8. The lowest BCUT2D eigenvalue weighted by Gasteiger charge is -2.25. The van der Waals surface area contributed by atoms with Gasteiger partial charge in [0.2, 0.25) is 0 Å². The van der Waals surface area contributed by atoms with E-state index in [1.807, 2.05) is 48.2 Å². The molecule has 2 aromatic heterocycles. The molecule has 0 bridgehead atoms. The second-order valence-corrected chi connectivity index (χ2v) is 7.69. The maximum absolute atomic E-state index is 13.6. The van der Waals surface area contributed by atoms with E-state index in [9.17, 15) is 9.59 Å². The molecule has 1 aromatic carbocycles. The van der Waals surface area contributed by atoms with Crippen LogP contribution in [-0.4, -0.2) is 51.8 Å². The number of benzene rings is 1. The van der Waals surface area contributed by atoms with Crippen molar-refractivity contribution < 1.29 is 14.3 Å². The first-order valence-electron chi connectivity index (χ1n) is 10.9. The number of imide groups is 1. The number of nitrogens with zero attached hydrogens (tertiary/aromatic N) is 4. The molecule has 0 N–H and O–H groups in total. The number of carbonyl (C=O) groups excluding carboxylic acids is 2. The van der Waals surface area contributed by atoms with Crippen LogP contribution in [0.25, 0.3) is 5.57 Å². The Bertz CT molecular complexity index is 1150. The first kappa shape index (κ1) is 22.2. The first-order chi connectivity index (χ1) is 16.1. The lowest BCUT2D eigenvalue weighted by atomic mass is 10.0. The van der Waals surface area contributed by atoms with Gasteiger partial charge in [0.25, 0.3) is 11.8 Å². The second kappa shape index (κ2) is 10.1. The molecule has 1 aliphatic rings. The van der Waals surface area contributed by atoms with Crippen molar-refractivity contribution in [2.75, 3.05) is 20.2 Å². The Morgan fingerprint density at radius 2 is 1.45 bits per heavy atom. The van der Waals surface area contributed by atoms with Gasteiger partial charge < -0.3 is 9.64 Å². The van der Waals surface area contributed by atoms with Crippen molar-refractivity contribution in [3.63, 3.8) is 0 Å². The van der Waals surface area contributed by atoms with Crippen molar-refractivity contribution in [3.05, 3.63) is 95.7 Å². The molecular weight excluding hydrogens is 416 g/mol. The minimum Gasteiger partial charge on any atom is -0.497 e. The molecule has 0 saturated heterocycles. The topological polar surface area (TPSA) is 75.6 Å². The minimum atomic E-state index is -0.292. The summed E-state index contributed by atoms with van der Waals surface area (Å²) in [6, 6.07) is 14.8. The number of methoxy groups -OCH3 is 1. The van der Waals surface area contributed by atoms with Crippen LogP contribution in [0, 0.1) is 0 Å². The van der Waals surface area contributed by atoms with Crippen LogP contribution in [-0.2, 0) is 22.6 Å². The van der Waals surface area contributed by atoms with E-state index in [2.05, 4.69) is 9.97 Å². The molecule has 1 aliphatic heterocycles. The Morgan fingerprint density at radius 1 is 0.848 bits per heavy atom. The molecule has 0 atom stereocenters. The summed E-state index contributed by atoms with van der Waals surface area (Å²) in [7, 11) is 1.60. The number of pyridine rings is 2. The molecule has 0 aliphatic carbocycles. The predicted molar refractivity (Wildman–Crippen MR) is 125 cm³/mol. The lowest BCUT2D eigenvalue weighted by Crippen LogP contribution is -2.35. The van der Waals surface area contributed by atoms with Gasteiger partial charge in [-0.2, -0.15) is 0 Å². The molecule has 7 heteroatoms. The summed E-state index contributed by atoms with van der Waals surface area (Å²) in [5.74, 6) is 0.120. The van der Waals surface area contributed by atoms with Gasteiger partial charge in [-0.15, -0.1) is 0 Å². The van der Waals surface area contributed by atoms with Crippen LogP contribution in [0.3, 0.4) is 0 Å². The van der Waals surface area contributed by atoms with Crippen molar-refractivity contribution >= 4 is 17.4 Å². The number of likely N-dealkylation sites (N-methyl/N-ethyl adjacent to an activating group) is 1. The van der Waals surface area contributed by atoms with Gasteiger partial charge in [-0.3, -0.25) is 24.5 Å². The van der Waals surface area contributed by atoms with Gasteiger partial charge in [0, 0.05) is 37.9 Å². The quantitative estimate of drug-likeness (QED) is 0.473. The highest BCUT2D eigenvalue weighted by Crippen LogP contribution is 2.33. The van der Waals surface area contributed by atoms with Gasteiger partial charge in [0.05, 0.1) is 19.2 Å². The molecule has 0 fully saturated rings. The maximum Gasteiger partial charge on any atom is 0.278 e. The smallest absolute Gasteiger partial charge is 0.278 e. The van der Waals surface area contributed by atoms with Gasteiger partial charge >= 0.3 is 0 Å². The van der Waals surface area contributed by atoms with Gasteiger partial charge in [0.15, 0.2) is 0 Å². The first-order valence-corrected chi connectivity index (χ1v) is 10.9. The van der Waals surface area contributed by atoms with Crippen LogP contribution in [0.2, 0.25) is 0 Å². The van der Waals surface area contributed by atoms with E-state index < -0.39 is 0 Å². The molecule has 4 rings (SSSR count). The van der Waals surface area contributed by atoms with Gasteiger partial charge in [-0.1, -0.05) is 12.1 Å². The van der Waals surface area contributed by atoms with Crippen molar-refractivity contribution in [3.8, 4) is 5.75 Å². The van der Waals surface area contributed by atoms with Crippen LogP contribution in [0.5, 0.6) is 5.75 Å². The monoisotopic (exact) mass is 442 g/mol. The van der Waals surface area contributed by atoms with E-state index in [1.54, 1.807) is 44.0 Å². The normalized spacial score (nSPS) is 13.6.